The molecule has 2 aromatic heterocycles. The molecule has 1 N–H and O–H groups in total. The van der Waals surface area contributed by atoms with Gasteiger partial charge in [0.25, 0.3) is 5.56 Å². The first-order valence-electron chi connectivity index (χ1n) is 10.9. The number of hydrogen-bond acceptors (Lipinski definition) is 6. The molecule has 0 unspecified atom stereocenters. The quantitative estimate of drug-likeness (QED) is 0.196. The molecule has 0 amide bonds. The minimum absolute atomic E-state index is 0.251. The Morgan fingerprint density at radius 1 is 1.11 bits per heavy atom. The summed E-state index contributed by atoms with van der Waals surface area (Å²) in [5.74, 6) is -0.105. The number of carbonyl (C=O) groups is 1. The van der Waals surface area contributed by atoms with Crippen molar-refractivity contribution in [2.75, 3.05) is 0 Å². The van der Waals surface area contributed by atoms with Crippen molar-refractivity contribution in [1.29, 1.82) is 0 Å². The molecule has 0 saturated heterocycles. The number of benzene rings is 3. The number of carboxylic acid groups (broad SMARTS) is 1. The summed E-state index contributed by atoms with van der Waals surface area (Å²) in [5.41, 5.74) is 1.44. The number of para-hydroxylation sites is 1. The molecule has 0 fully saturated rings. The van der Waals surface area contributed by atoms with Gasteiger partial charge in [0, 0.05) is 9.86 Å². The molecule has 37 heavy (non-hydrogen) atoms. The van der Waals surface area contributed by atoms with Crippen LogP contribution < -0.4 is 10.3 Å². The van der Waals surface area contributed by atoms with Crippen molar-refractivity contribution >= 4 is 81.8 Å². The van der Waals surface area contributed by atoms with E-state index in [1.165, 1.54) is 17.8 Å². The minimum Gasteiger partial charge on any atom is -0.479 e. The van der Waals surface area contributed by atoms with Crippen LogP contribution in [0.4, 0.5) is 0 Å². The predicted octanol–water partition coefficient (Wildman–Crippen LogP) is 6.83. The number of aliphatic carboxylic acids is 1. The van der Waals surface area contributed by atoms with Crippen LogP contribution in [0.5, 0.6) is 5.75 Å². The SMILES string of the molecule is C[C@H](Oc1c(Br)cc(C=Nn2c(-c3cc4cc(Br)ccc4o3)nc3ccccc3c2=O)cc1Br)C(=O)O. The normalized spacial score (nSPS) is 12.4. The Morgan fingerprint density at radius 2 is 1.84 bits per heavy atom. The summed E-state index contributed by atoms with van der Waals surface area (Å²) < 4.78 is 14.7. The molecule has 0 spiro atoms. The number of furan rings is 1. The molecule has 186 valence electrons. The highest BCUT2D eigenvalue weighted by Gasteiger charge is 2.19. The number of nitrogens with zero attached hydrogens (tertiary/aromatic N) is 3. The Bertz CT molecular complexity index is 1750. The van der Waals surface area contributed by atoms with E-state index >= 15 is 0 Å². The molecular formula is C26H16Br3N3O5. The molecule has 0 radical (unpaired) electrons. The highest BCUT2D eigenvalue weighted by atomic mass is 79.9. The van der Waals surface area contributed by atoms with E-state index in [4.69, 9.17) is 14.3 Å². The molecule has 2 heterocycles. The maximum Gasteiger partial charge on any atom is 0.344 e. The molecular weight excluding hydrogens is 674 g/mol. The number of halogens is 3. The molecule has 8 nitrogen and oxygen atoms in total. The van der Waals surface area contributed by atoms with Gasteiger partial charge in [-0.1, -0.05) is 28.1 Å². The van der Waals surface area contributed by atoms with Crippen molar-refractivity contribution < 1.29 is 19.1 Å². The number of rotatable bonds is 6. The zero-order valence-electron chi connectivity index (χ0n) is 19.0. The monoisotopic (exact) mass is 687 g/mol. The lowest BCUT2D eigenvalue weighted by Gasteiger charge is -2.14. The van der Waals surface area contributed by atoms with Gasteiger partial charge in [0.2, 0.25) is 5.82 Å². The third-order valence-electron chi connectivity index (χ3n) is 5.44. The maximum atomic E-state index is 13.5. The van der Waals surface area contributed by atoms with E-state index in [0.29, 0.717) is 42.5 Å². The summed E-state index contributed by atoms with van der Waals surface area (Å²) in [6.07, 6.45) is 0.460. The third kappa shape index (κ3) is 5.11. The van der Waals surface area contributed by atoms with Crippen molar-refractivity contribution in [3.63, 3.8) is 0 Å². The van der Waals surface area contributed by atoms with Gasteiger partial charge in [0.15, 0.2) is 11.9 Å². The average Bonchev–Trinajstić information content (AvgIpc) is 3.28. The van der Waals surface area contributed by atoms with Crippen molar-refractivity contribution in [2.45, 2.75) is 13.0 Å². The molecule has 0 aliphatic heterocycles. The van der Waals surface area contributed by atoms with Gasteiger partial charge in [-0.25, -0.2) is 9.78 Å². The fourth-order valence-corrected chi connectivity index (χ4v) is 5.42. The van der Waals surface area contributed by atoms with Crippen LogP contribution in [0.25, 0.3) is 33.5 Å². The number of aromatic nitrogens is 2. The Balaban J connectivity index is 1.62. The second kappa shape index (κ2) is 10.2. The van der Waals surface area contributed by atoms with Crippen LogP contribution in [0.1, 0.15) is 12.5 Å². The second-order valence-corrected chi connectivity index (χ2v) is 10.6. The maximum absolute atomic E-state index is 13.5. The van der Waals surface area contributed by atoms with E-state index in [0.717, 1.165) is 9.86 Å². The summed E-state index contributed by atoms with van der Waals surface area (Å²) in [6.45, 7) is 1.44. The predicted molar refractivity (Wildman–Crippen MR) is 151 cm³/mol. The summed E-state index contributed by atoms with van der Waals surface area (Å²) in [5, 5.41) is 14.9. The van der Waals surface area contributed by atoms with Crippen LogP contribution in [-0.4, -0.2) is 33.1 Å². The topological polar surface area (TPSA) is 107 Å². The van der Waals surface area contributed by atoms with Crippen LogP contribution in [-0.2, 0) is 4.79 Å². The van der Waals surface area contributed by atoms with Crippen LogP contribution in [0.2, 0.25) is 0 Å². The Kier molecular flexibility index (Phi) is 7.02. The van der Waals surface area contributed by atoms with Crippen LogP contribution in [0, 0.1) is 0 Å². The van der Waals surface area contributed by atoms with E-state index in [2.05, 4.69) is 57.9 Å². The summed E-state index contributed by atoms with van der Waals surface area (Å²) in [7, 11) is 0. The van der Waals surface area contributed by atoms with Gasteiger partial charge in [-0.05, 0) is 92.9 Å². The standard InChI is InChI=1S/C26H16Br3N3O5/c1-13(26(34)35)36-23-18(28)8-14(9-19(23)29)12-30-32-24(31-20-5-3-2-4-17(20)25(32)33)22-11-15-10-16(27)6-7-21(15)37-22/h2-13H,1H3,(H,34,35)/t13-/m0/s1. The molecule has 5 rings (SSSR count). The first kappa shape index (κ1) is 25.4. The Hall–Kier alpha value is -3.28. The number of ether oxygens (including phenoxy) is 1. The number of carboxylic acids is 1. The van der Waals surface area contributed by atoms with Crippen molar-refractivity contribution in [3.05, 3.63) is 90.0 Å². The largest absolute Gasteiger partial charge is 0.479 e. The van der Waals surface area contributed by atoms with E-state index in [1.54, 1.807) is 30.3 Å². The van der Waals surface area contributed by atoms with Crippen molar-refractivity contribution in [2.24, 2.45) is 5.10 Å². The number of fused-ring (bicyclic) bond motifs is 2. The van der Waals surface area contributed by atoms with Crippen LogP contribution in [0.15, 0.2) is 88.4 Å². The summed E-state index contributed by atoms with van der Waals surface area (Å²) in [4.78, 5) is 29.3. The minimum atomic E-state index is -1.09. The lowest BCUT2D eigenvalue weighted by molar-refractivity contribution is -0.144. The zero-order valence-corrected chi connectivity index (χ0v) is 23.7. The van der Waals surface area contributed by atoms with Crippen molar-refractivity contribution in [3.8, 4) is 17.3 Å². The zero-order chi connectivity index (χ0) is 26.3. The first-order chi connectivity index (χ1) is 17.7. The lowest BCUT2D eigenvalue weighted by atomic mass is 10.2. The van der Waals surface area contributed by atoms with Gasteiger partial charge in [-0.2, -0.15) is 9.78 Å². The highest BCUT2D eigenvalue weighted by Crippen LogP contribution is 2.35. The Labute approximate surface area is 235 Å². The van der Waals surface area contributed by atoms with Crippen LogP contribution in [0.3, 0.4) is 0 Å². The molecule has 3 aromatic carbocycles. The smallest absolute Gasteiger partial charge is 0.344 e. The molecule has 0 aliphatic rings. The molecule has 5 aromatic rings. The fraction of sp³-hybridized carbons (Fsp3) is 0.0769. The Morgan fingerprint density at radius 3 is 2.57 bits per heavy atom. The van der Waals surface area contributed by atoms with Gasteiger partial charge in [-0.3, -0.25) is 4.79 Å². The number of hydrogen-bond donors (Lipinski definition) is 1. The van der Waals surface area contributed by atoms with Gasteiger partial charge in [-0.15, -0.1) is 0 Å². The molecule has 1 atom stereocenters. The van der Waals surface area contributed by atoms with E-state index < -0.39 is 12.1 Å². The van der Waals surface area contributed by atoms with Gasteiger partial charge in [0.1, 0.15) is 11.3 Å². The van der Waals surface area contributed by atoms with E-state index in [1.807, 2.05) is 30.3 Å². The van der Waals surface area contributed by atoms with Crippen molar-refractivity contribution in [1.82, 2.24) is 9.66 Å². The third-order valence-corrected chi connectivity index (χ3v) is 7.11. The molecule has 0 saturated carbocycles. The van der Waals surface area contributed by atoms with E-state index in [9.17, 15) is 9.59 Å². The lowest BCUT2D eigenvalue weighted by Crippen LogP contribution is -2.23. The average molecular weight is 690 g/mol. The van der Waals surface area contributed by atoms with Gasteiger partial charge >= 0.3 is 5.97 Å². The fourth-order valence-electron chi connectivity index (χ4n) is 3.63. The first-order valence-corrected chi connectivity index (χ1v) is 13.2. The highest BCUT2D eigenvalue weighted by molar-refractivity contribution is 9.11. The van der Waals surface area contributed by atoms with E-state index in [-0.39, 0.29) is 11.4 Å². The molecule has 0 bridgehead atoms. The molecule has 11 heteroatoms. The summed E-state index contributed by atoms with van der Waals surface area (Å²) in [6, 6.07) is 17.9. The van der Waals surface area contributed by atoms with Gasteiger partial charge in [0.05, 0.1) is 26.1 Å². The molecule has 0 aliphatic carbocycles. The second-order valence-electron chi connectivity index (χ2n) is 8.02. The summed E-state index contributed by atoms with van der Waals surface area (Å²) >= 11 is 10.3. The van der Waals surface area contributed by atoms with Gasteiger partial charge < -0.3 is 14.3 Å². The van der Waals surface area contributed by atoms with Crippen LogP contribution >= 0.6 is 47.8 Å².